The first-order valence-electron chi connectivity index (χ1n) is 8.77. The first-order valence-corrected chi connectivity index (χ1v) is 8.77. The highest BCUT2D eigenvalue weighted by Gasteiger charge is 2.27. The lowest BCUT2D eigenvalue weighted by Gasteiger charge is -2.35. The molecule has 1 aromatic rings. The largest absolute Gasteiger partial charge is 0.382 e. The summed E-state index contributed by atoms with van der Waals surface area (Å²) in [6, 6.07) is 7.61. The van der Waals surface area contributed by atoms with Crippen molar-refractivity contribution in [1.82, 2.24) is 0 Å². The predicted octanol–water partition coefficient (Wildman–Crippen LogP) is 4.83. The van der Waals surface area contributed by atoms with Crippen molar-refractivity contribution in [2.24, 2.45) is 11.8 Å². The summed E-state index contributed by atoms with van der Waals surface area (Å²) in [4.78, 5) is 2.52. The normalized spacial score (nSPS) is 29.7. The smallest absolute Gasteiger partial charge is 0.0373 e. The van der Waals surface area contributed by atoms with Crippen molar-refractivity contribution in [1.29, 1.82) is 0 Å². The van der Waals surface area contributed by atoms with Crippen molar-refractivity contribution in [3.05, 3.63) is 23.8 Å². The number of benzene rings is 1. The molecule has 2 fully saturated rings. The maximum absolute atomic E-state index is 3.83. The topological polar surface area (TPSA) is 15.3 Å². The highest BCUT2D eigenvalue weighted by molar-refractivity contribution is 5.61. The van der Waals surface area contributed by atoms with Crippen LogP contribution in [0.5, 0.6) is 0 Å². The van der Waals surface area contributed by atoms with Gasteiger partial charge in [0.05, 0.1) is 0 Å². The van der Waals surface area contributed by atoms with E-state index in [4.69, 9.17) is 0 Å². The number of nitrogens with zero attached hydrogens (tertiary/aromatic N) is 1. The van der Waals surface area contributed by atoms with E-state index in [9.17, 15) is 0 Å². The minimum atomic E-state index is 0.644. The van der Waals surface area contributed by atoms with Crippen LogP contribution in [-0.4, -0.2) is 19.1 Å². The Balaban J connectivity index is 1.70. The Hall–Kier alpha value is -1.18. The zero-order chi connectivity index (χ0) is 14.8. The number of aryl methyl sites for hydroxylation is 1. The van der Waals surface area contributed by atoms with Crippen LogP contribution in [0.4, 0.5) is 11.4 Å². The molecule has 1 N–H and O–H groups in total. The van der Waals surface area contributed by atoms with Gasteiger partial charge in [-0.25, -0.2) is 0 Å². The summed E-state index contributed by atoms with van der Waals surface area (Å²) >= 11 is 0. The molecule has 2 nitrogen and oxygen atoms in total. The second-order valence-corrected chi connectivity index (χ2v) is 7.21. The Labute approximate surface area is 129 Å². The molecular weight excluding hydrogens is 256 g/mol. The van der Waals surface area contributed by atoms with Crippen molar-refractivity contribution < 1.29 is 0 Å². The van der Waals surface area contributed by atoms with Crippen LogP contribution in [0.15, 0.2) is 18.2 Å². The molecule has 0 amide bonds. The number of hydrogen-bond acceptors (Lipinski definition) is 2. The standard InChI is InChI=1S/C19H30N2/c1-14-7-6-8-19(16(14)3)20-18-10-9-17(13-15(18)2)21-11-4-5-12-21/h9-10,13-14,16,19-20H,4-8,11-12H2,1-3H3. The van der Waals surface area contributed by atoms with Crippen LogP contribution < -0.4 is 10.2 Å². The van der Waals surface area contributed by atoms with Crippen molar-refractivity contribution in [3.63, 3.8) is 0 Å². The lowest BCUT2D eigenvalue weighted by molar-refractivity contribution is 0.253. The monoisotopic (exact) mass is 286 g/mol. The highest BCUT2D eigenvalue weighted by Crippen LogP contribution is 2.33. The molecule has 1 aliphatic carbocycles. The molecule has 1 saturated carbocycles. The van der Waals surface area contributed by atoms with Crippen LogP contribution in [0, 0.1) is 18.8 Å². The fraction of sp³-hybridized carbons (Fsp3) is 0.684. The first-order chi connectivity index (χ1) is 10.1. The Morgan fingerprint density at radius 3 is 2.52 bits per heavy atom. The number of rotatable bonds is 3. The third kappa shape index (κ3) is 3.20. The second-order valence-electron chi connectivity index (χ2n) is 7.21. The van der Waals surface area contributed by atoms with Crippen molar-refractivity contribution in [3.8, 4) is 0 Å². The molecule has 116 valence electrons. The number of nitrogens with one attached hydrogen (secondary N) is 1. The van der Waals surface area contributed by atoms with E-state index in [0.29, 0.717) is 6.04 Å². The number of anilines is 2. The van der Waals surface area contributed by atoms with Gasteiger partial charge >= 0.3 is 0 Å². The summed E-state index contributed by atoms with van der Waals surface area (Å²) in [6.45, 7) is 9.52. The van der Waals surface area contributed by atoms with Gasteiger partial charge in [-0.05, 0) is 61.8 Å². The Morgan fingerprint density at radius 1 is 1.05 bits per heavy atom. The van der Waals surface area contributed by atoms with Gasteiger partial charge in [0.25, 0.3) is 0 Å². The third-order valence-corrected chi connectivity index (χ3v) is 5.73. The zero-order valence-corrected chi connectivity index (χ0v) is 13.9. The lowest BCUT2D eigenvalue weighted by atomic mass is 9.78. The van der Waals surface area contributed by atoms with Crippen LogP contribution in [0.2, 0.25) is 0 Å². The van der Waals surface area contributed by atoms with Crippen LogP contribution in [-0.2, 0) is 0 Å². The summed E-state index contributed by atoms with van der Waals surface area (Å²) in [5, 5.41) is 3.83. The maximum Gasteiger partial charge on any atom is 0.0373 e. The molecule has 3 rings (SSSR count). The summed E-state index contributed by atoms with van der Waals surface area (Å²) in [7, 11) is 0. The third-order valence-electron chi connectivity index (χ3n) is 5.73. The van der Waals surface area contributed by atoms with Gasteiger partial charge in [0, 0.05) is 30.5 Å². The SMILES string of the molecule is Cc1cc(N2CCCC2)ccc1NC1CCCC(C)C1C. The van der Waals surface area contributed by atoms with Gasteiger partial charge in [-0.2, -0.15) is 0 Å². The summed E-state index contributed by atoms with van der Waals surface area (Å²) in [5.74, 6) is 1.62. The van der Waals surface area contributed by atoms with Crippen molar-refractivity contribution in [2.75, 3.05) is 23.3 Å². The minimum absolute atomic E-state index is 0.644. The molecule has 0 spiro atoms. The van der Waals surface area contributed by atoms with E-state index in [-0.39, 0.29) is 0 Å². The molecule has 0 bridgehead atoms. The molecule has 21 heavy (non-hydrogen) atoms. The first kappa shape index (κ1) is 14.7. The van der Waals surface area contributed by atoms with Gasteiger partial charge in [0.15, 0.2) is 0 Å². The average Bonchev–Trinajstić information content (AvgIpc) is 3.00. The van der Waals surface area contributed by atoms with Gasteiger partial charge in [0.1, 0.15) is 0 Å². The van der Waals surface area contributed by atoms with Crippen molar-refractivity contribution >= 4 is 11.4 Å². The van der Waals surface area contributed by atoms with Gasteiger partial charge in [-0.1, -0.05) is 26.7 Å². The maximum atomic E-state index is 3.83. The zero-order valence-electron chi connectivity index (χ0n) is 13.9. The molecule has 2 heteroatoms. The molecule has 1 aliphatic heterocycles. The number of hydrogen-bond donors (Lipinski definition) is 1. The van der Waals surface area contributed by atoms with E-state index in [1.165, 1.54) is 62.1 Å². The summed E-state index contributed by atoms with van der Waals surface area (Å²) in [6.07, 6.45) is 6.77. The van der Waals surface area contributed by atoms with E-state index in [0.717, 1.165) is 11.8 Å². The lowest BCUT2D eigenvalue weighted by Crippen LogP contribution is -2.35. The molecule has 1 aromatic carbocycles. The molecule has 0 aromatic heterocycles. The molecule has 1 saturated heterocycles. The van der Waals surface area contributed by atoms with E-state index >= 15 is 0 Å². The van der Waals surface area contributed by atoms with Gasteiger partial charge in [-0.15, -0.1) is 0 Å². The fourth-order valence-electron chi connectivity index (χ4n) is 3.97. The Bertz CT molecular complexity index is 476. The van der Waals surface area contributed by atoms with E-state index in [2.05, 4.69) is 49.2 Å². The fourth-order valence-corrected chi connectivity index (χ4v) is 3.97. The highest BCUT2D eigenvalue weighted by atomic mass is 15.1. The summed E-state index contributed by atoms with van der Waals surface area (Å²) < 4.78 is 0. The quantitative estimate of drug-likeness (QED) is 0.856. The Kier molecular flexibility index (Phi) is 4.42. The van der Waals surface area contributed by atoms with E-state index in [1.807, 2.05) is 0 Å². The predicted molar refractivity (Wildman–Crippen MR) is 92.2 cm³/mol. The molecule has 0 radical (unpaired) electrons. The van der Waals surface area contributed by atoms with E-state index in [1.54, 1.807) is 0 Å². The van der Waals surface area contributed by atoms with Gasteiger partial charge < -0.3 is 10.2 Å². The molecule has 1 heterocycles. The molecule has 3 unspecified atom stereocenters. The summed E-state index contributed by atoms with van der Waals surface area (Å²) in [5.41, 5.74) is 4.13. The van der Waals surface area contributed by atoms with E-state index < -0.39 is 0 Å². The van der Waals surface area contributed by atoms with Gasteiger partial charge in [0.2, 0.25) is 0 Å². The second kappa shape index (κ2) is 6.29. The molecular formula is C19H30N2. The van der Waals surface area contributed by atoms with Crippen molar-refractivity contribution in [2.45, 2.75) is 58.9 Å². The van der Waals surface area contributed by atoms with Crippen LogP contribution in [0.25, 0.3) is 0 Å². The van der Waals surface area contributed by atoms with Crippen LogP contribution in [0.1, 0.15) is 51.5 Å². The Morgan fingerprint density at radius 2 is 1.81 bits per heavy atom. The molecule has 2 aliphatic rings. The van der Waals surface area contributed by atoms with Crippen LogP contribution in [0.3, 0.4) is 0 Å². The average molecular weight is 286 g/mol. The van der Waals surface area contributed by atoms with Crippen LogP contribution >= 0.6 is 0 Å². The van der Waals surface area contributed by atoms with Gasteiger partial charge in [-0.3, -0.25) is 0 Å². The molecule has 3 atom stereocenters. The minimum Gasteiger partial charge on any atom is -0.382 e.